The molecule has 0 spiro atoms. The summed E-state index contributed by atoms with van der Waals surface area (Å²) < 4.78 is 37.4. The Morgan fingerprint density at radius 1 is 1.00 bits per heavy atom. The summed E-state index contributed by atoms with van der Waals surface area (Å²) >= 11 is 0. The van der Waals surface area contributed by atoms with Gasteiger partial charge in [-0.1, -0.05) is 12.1 Å². The largest absolute Gasteiger partial charge is 0.416 e. The van der Waals surface area contributed by atoms with Crippen LogP contribution in [0.1, 0.15) is 11.3 Å². The molecule has 1 aromatic carbocycles. The number of nitrogens with two attached hydrogens (primary N) is 2. The van der Waals surface area contributed by atoms with E-state index < -0.39 is 11.7 Å². The summed E-state index contributed by atoms with van der Waals surface area (Å²) in [5, 5.41) is 0. The van der Waals surface area contributed by atoms with Crippen molar-refractivity contribution in [1.29, 1.82) is 0 Å². The first kappa shape index (κ1) is 13.1. The molecule has 100 valence electrons. The number of aryl methyl sites for hydroxylation is 1. The fourth-order valence-corrected chi connectivity index (χ4v) is 1.80. The van der Waals surface area contributed by atoms with Gasteiger partial charge in [0.15, 0.2) is 0 Å². The molecule has 0 fully saturated rings. The molecule has 0 aliphatic carbocycles. The Bertz CT molecular complexity index is 582. The van der Waals surface area contributed by atoms with Crippen LogP contribution in [-0.4, -0.2) is 9.97 Å². The Morgan fingerprint density at radius 3 is 2.05 bits per heavy atom. The van der Waals surface area contributed by atoms with Crippen molar-refractivity contribution >= 4 is 11.8 Å². The molecule has 0 saturated heterocycles. The molecular weight excluding hydrogens is 257 g/mol. The van der Waals surface area contributed by atoms with E-state index in [1.165, 1.54) is 12.1 Å². The van der Waals surface area contributed by atoms with Gasteiger partial charge in [0.2, 0.25) is 5.95 Å². The van der Waals surface area contributed by atoms with Crippen molar-refractivity contribution in [2.24, 2.45) is 0 Å². The lowest BCUT2D eigenvalue weighted by atomic mass is 10.0. The first-order valence-corrected chi connectivity index (χ1v) is 5.36. The number of nitrogen functional groups attached to an aromatic ring is 2. The molecule has 1 aromatic heterocycles. The van der Waals surface area contributed by atoms with E-state index in [0.717, 1.165) is 12.1 Å². The molecule has 19 heavy (non-hydrogen) atoms. The minimum atomic E-state index is -4.36. The van der Waals surface area contributed by atoms with Crippen LogP contribution in [0, 0.1) is 6.92 Å². The van der Waals surface area contributed by atoms with Crippen LogP contribution in [0.4, 0.5) is 24.9 Å². The summed E-state index contributed by atoms with van der Waals surface area (Å²) in [5.41, 5.74) is 12.0. The van der Waals surface area contributed by atoms with Crippen molar-refractivity contribution in [1.82, 2.24) is 9.97 Å². The van der Waals surface area contributed by atoms with Crippen LogP contribution >= 0.6 is 0 Å². The molecule has 0 radical (unpaired) electrons. The van der Waals surface area contributed by atoms with Crippen LogP contribution in [-0.2, 0) is 6.18 Å². The number of hydrogen-bond acceptors (Lipinski definition) is 4. The van der Waals surface area contributed by atoms with Crippen LogP contribution in [0.15, 0.2) is 24.3 Å². The Balaban J connectivity index is 2.49. The van der Waals surface area contributed by atoms with Gasteiger partial charge in [-0.15, -0.1) is 0 Å². The van der Waals surface area contributed by atoms with E-state index in [9.17, 15) is 13.2 Å². The number of halogens is 3. The Morgan fingerprint density at radius 2 is 1.58 bits per heavy atom. The third kappa shape index (κ3) is 2.59. The molecule has 1 heterocycles. The van der Waals surface area contributed by atoms with Gasteiger partial charge in [-0.25, -0.2) is 4.98 Å². The zero-order valence-corrected chi connectivity index (χ0v) is 9.99. The van der Waals surface area contributed by atoms with E-state index in [1.807, 2.05) is 0 Å². The fourth-order valence-electron chi connectivity index (χ4n) is 1.80. The molecular formula is C12H11F3N4. The normalized spacial score (nSPS) is 11.6. The van der Waals surface area contributed by atoms with Crippen LogP contribution < -0.4 is 11.5 Å². The molecule has 0 bridgehead atoms. The summed E-state index contributed by atoms with van der Waals surface area (Å²) in [4.78, 5) is 7.75. The lowest BCUT2D eigenvalue weighted by molar-refractivity contribution is -0.137. The van der Waals surface area contributed by atoms with Crippen LogP contribution in [0.5, 0.6) is 0 Å². The number of benzene rings is 1. The minimum absolute atomic E-state index is 0.0330. The van der Waals surface area contributed by atoms with E-state index in [1.54, 1.807) is 6.92 Å². The van der Waals surface area contributed by atoms with Crippen molar-refractivity contribution in [2.75, 3.05) is 11.5 Å². The van der Waals surface area contributed by atoms with Crippen molar-refractivity contribution < 1.29 is 13.2 Å². The van der Waals surface area contributed by atoms with Crippen LogP contribution in [0.3, 0.4) is 0 Å². The average Bonchev–Trinajstić information content (AvgIpc) is 2.27. The molecule has 0 aliphatic rings. The number of hydrogen-bond donors (Lipinski definition) is 2. The number of alkyl halides is 3. The predicted molar refractivity (Wildman–Crippen MR) is 66.0 cm³/mol. The monoisotopic (exact) mass is 268 g/mol. The summed E-state index contributed by atoms with van der Waals surface area (Å²) in [7, 11) is 0. The predicted octanol–water partition coefficient (Wildman–Crippen LogP) is 2.64. The maximum absolute atomic E-state index is 12.5. The molecule has 2 aromatic rings. The zero-order chi connectivity index (χ0) is 14.2. The second-order valence-corrected chi connectivity index (χ2v) is 4.00. The molecule has 0 atom stereocenters. The Labute approximate surface area is 107 Å². The van der Waals surface area contributed by atoms with E-state index in [-0.39, 0.29) is 11.8 Å². The van der Waals surface area contributed by atoms with Crippen molar-refractivity contribution in [3.63, 3.8) is 0 Å². The van der Waals surface area contributed by atoms with Gasteiger partial charge >= 0.3 is 6.18 Å². The van der Waals surface area contributed by atoms with Crippen LogP contribution in [0.2, 0.25) is 0 Å². The van der Waals surface area contributed by atoms with Gasteiger partial charge in [0.1, 0.15) is 5.82 Å². The van der Waals surface area contributed by atoms with Gasteiger partial charge in [-0.2, -0.15) is 18.2 Å². The van der Waals surface area contributed by atoms with Gasteiger partial charge < -0.3 is 11.5 Å². The minimum Gasteiger partial charge on any atom is -0.383 e. The highest BCUT2D eigenvalue weighted by molar-refractivity contribution is 5.76. The molecule has 0 aliphatic heterocycles. The lowest BCUT2D eigenvalue weighted by Crippen LogP contribution is -2.06. The Hall–Kier alpha value is -2.31. The molecule has 7 heteroatoms. The smallest absolute Gasteiger partial charge is 0.383 e. The van der Waals surface area contributed by atoms with E-state index in [4.69, 9.17) is 11.5 Å². The second-order valence-electron chi connectivity index (χ2n) is 4.00. The van der Waals surface area contributed by atoms with Gasteiger partial charge in [0, 0.05) is 5.56 Å². The van der Waals surface area contributed by atoms with Gasteiger partial charge in [-0.05, 0) is 24.6 Å². The maximum Gasteiger partial charge on any atom is 0.416 e. The van der Waals surface area contributed by atoms with Crippen molar-refractivity contribution in [2.45, 2.75) is 13.1 Å². The SMILES string of the molecule is Cc1nc(N)nc(N)c1-c1ccc(C(F)(F)F)cc1. The topological polar surface area (TPSA) is 77.8 Å². The molecule has 0 amide bonds. The highest BCUT2D eigenvalue weighted by atomic mass is 19.4. The summed E-state index contributed by atoms with van der Waals surface area (Å²) in [6, 6.07) is 4.65. The number of rotatable bonds is 1. The van der Waals surface area contributed by atoms with Gasteiger partial charge in [-0.3, -0.25) is 0 Å². The first-order chi connectivity index (χ1) is 8.79. The van der Waals surface area contributed by atoms with Crippen LogP contribution in [0.25, 0.3) is 11.1 Å². The molecule has 4 nitrogen and oxygen atoms in total. The van der Waals surface area contributed by atoms with E-state index in [0.29, 0.717) is 16.8 Å². The highest BCUT2D eigenvalue weighted by Gasteiger charge is 2.30. The molecule has 4 N–H and O–H groups in total. The molecule has 0 unspecified atom stereocenters. The summed E-state index contributed by atoms with van der Waals surface area (Å²) in [6.07, 6.45) is -4.36. The number of nitrogens with zero attached hydrogens (tertiary/aromatic N) is 2. The first-order valence-electron chi connectivity index (χ1n) is 5.36. The third-order valence-corrected chi connectivity index (χ3v) is 2.64. The van der Waals surface area contributed by atoms with E-state index >= 15 is 0 Å². The number of aromatic nitrogens is 2. The maximum atomic E-state index is 12.5. The quantitative estimate of drug-likeness (QED) is 0.833. The number of anilines is 2. The van der Waals surface area contributed by atoms with Crippen molar-refractivity contribution in [3.8, 4) is 11.1 Å². The Kier molecular flexibility index (Phi) is 3.05. The molecule has 0 saturated carbocycles. The lowest BCUT2D eigenvalue weighted by Gasteiger charge is -2.11. The average molecular weight is 268 g/mol. The van der Waals surface area contributed by atoms with E-state index in [2.05, 4.69) is 9.97 Å². The summed E-state index contributed by atoms with van der Waals surface area (Å²) in [5.74, 6) is 0.176. The van der Waals surface area contributed by atoms with Gasteiger partial charge in [0.05, 0.1) is 11.3 Å². The molecule has 2 rings (SSSR count). The zero-order valence-electron chi connectivity index (χ0n) is 9.99. The van der Waals surface area contributed by atoms with Crippen molar-refractivity contribution in [3.05, 3.63) is 35.5 Å². The van der Waals surface area contributed by atoms with Gasteiger partial charge in [0.25, 0.3) is 0 Å². The standard InChI is InChI=1S/C12H11F3N4/c1-6-9(10(16)19-11(17)18-6)7-2-4-8(5-3-7)12(13,14)15/h2-5H,1H3,(H4,16,17,18,19). The summed E-state index contributed by atoms with van der Waals surface area (Å²) in [6.45, 7) is 1.67. The highest BCUT2D eigenvalue weighted by Crippen LogP contribution is 2.33. The second kappa shape index (κ2) is 4.42. The fraction of sp³-hybridized carbons (Fsp3) is 0.167. The third-order valence-electron chi connectivity index (χ3n) is 2.64.